The average Bonchev–Trinajstić information content (AvgIpc) is 2.67. The van der Waals surface area contributed by atoms with Crippen LogP contribution in [0.1, 0.15) is 57.6 Å². The van der Waals surface area contributed by atoms with E-state index in [2.05, 4.69) is 10.3 Å². The second-order valence-electron chi connectivity index (χ2n) is 7.95. The van der Waals surface area contributed by atoms with Gasteiger partial charge in [0.25, 0.3) is 5.91 Å². The van der Waals surface area contributed by atoms with Crippen LogP contribution in [-0.4, -0.2) is 45.8 Å². The van der Waals surface area contributed by atoms with Gasteiger partial charge in [-0.3, -0.25) is 20.1 Å². The maximum Gasteiger partial charge on any atom is 0.287 e. The van der Waals surface area contributed by atoms with E-state index in [0.29, 0.717) is 11.3 Å². The Bertz CT molecular complexity index is 980. The highest BCUT2D eigenvalue weighted by Crippen LogP contribution is 2.34. The predicted octanol–water partition coefficient (Wildman–Crippen LogP) is 3.22. The number of allylic oxidation sites excluding steroid dienone is 4. The van der Waals surface area contributed by atoms with Crippen LogP contribution in [0.15, 0.2) is 40.4 Å². The number of phenolic OH excluding ortho intramolecular Hbond substituents is 2. The van der Waals surface area contributed by atoms with Crippen LogP contribution in [0.4, 0.5) is 4.39 Å². The quantitative estimate of drug-likeness (QED) is 0.368. The minimum atomic E-state index is -0.642. The molecule has 0 aliphatic heterocycles. The SMILES string of the molecule is CN=C(C(=O)NC(C)C)N(C(=N)c1cc(C(C)C)c(O)cc1O)C1=CC(F)=C(N)CC1. The monoisotopic (exact) mass is 431 g/mol. The van der Waals surface area contributed by atoms with Crippen LogP contribution in [0, 0.1) is 5.41 Å². The number of phenols is 2. The number of aromatic hydroxyl groups is 2. The van der Waals surface area contributed by atoms with E-state index in [9.17, 15) is 19.4 Å². The number of nitrogens with zero attached hydrogens (tertiary/aromatic N) is 2. The largest absolute Gasteiger partial charge is 0.508 e. The number of carbonyl (C=O) groups is 1. The van der Waals surface area contributed by atoms with Crippen molar-refractivity contribution in [3.63, 3.8) is 0 Å². The second-order valence-corrected chi connectivity index (χ2v) is 7.95. The molecule has 9 heteroatoms. The number of benzene rings is 1. The number of amidine groups is 2. The highest BCUT2D eigenvalue weighted by molar-refractivity contribution is 6.41. The molecule has 0 bridgehead atoms. The molecular formula is C22H30FN5O3. The summed E-state index contributed by atoms with van der Waals surface area (Å²) in [4.78, 5) is 18.1. The molecule has 2 rings (SSSR count). The van der Waals surface area contributed by atoms with Crippen molar-refractivity contribution < 1.29 is 19.4 Å². The maximum absolute atomic E-state index is 14.3. The van der Waals surface area contributed by atoms with Gasteiger partial charge in [0.1, 0.15) is 23.2 Å². The van der Waals surface area contributed by atoms with E-state index in [1.807, 2.05) is 13.8 Å². The van der Waals surface area contributed by atoms with Crippen molar-refractivity contribution in [3.05, 3.63) is 46.6 Å². The minimum Gasteiger partial charge on any atom is -0.508 e. The van der Waals surface area contributed by atoms with Gasteiger partial charge in [-0.25, -0.2) is 4.39 Å². The van der Waals surface area contributed by atoms with Crippen molar-refractivity contribution in [2.75, 3.05) is 7.05 Å². The molecule has 1 aromatic carbocycles. The van der Waals surface area contributed by atoms with E-state index < -0.39 is 11.7 Å². The molecule has 168 valence electrons. The third-order valence-electron chi connectivity index (χ3n) is 4.83. The van der Waals surface area contributed by atoms with Crippen molar-refractivity contribution in [1.29, 1.82) is 5.41 Å². The highest BCUT2D eigenvalue weighted by atomic mass is 19.1. The summed E-state index contributed by atoms with van der Waals surface area (Å²) in [6.07, 6.45) is 1.65. The number of halogens is 1. The summed E-state index contributed by atoms with van der Waals surface area (Å²) in [5, 5.41) is 32.1. The first-order valence-corrected chi connectivity index (χ1v) is 10.0. The zero-order valence-electron chi connectivity index (χ0n) is 18.5. The number of carbonyl (C=O) groups excluding carboxylic acids is 1. The fourth-order valence-electron chi connectivity index (χ4n) is 3.25. The van der Waals surface area contributed by atoms with Gasteiger partial charge in [-0.05, 0) is 50.3 Å². The standard InChI is InChI=1S/C22H30FN5O3/c1-11(2)14-9-15(19(30)10-18(14)29)20(25)28(13-6-7-17(24)16(23)8-13)21(26-5)22(31)27-12(3)4/h8-12,25,29-30H,6-7,24H2,1-5H3,(H,27,31). The number of aliphatic imine (C=N–C) groups is 1. The van der Waals surface area contributed by atoms with Gasteiger partial charge >= 0.3 is 0 Å². The molecule has 1 aliphatic carbocycles. The summed E-state index contributed by atoms with van der Waals surface area (Å²) in [5.74, 6) is -2.13. The number of nitrogens with one attached hydrogen (secondary N) is 2. The topological polar surface area (TPSA) is 135 Å². The molecule has 1 aromatic rings. The van der Waals surface area contributed by atoms with Crippen LogP contribution in [0.2, 0.25) is 0 Å². The summed E-state index contributed by atoms with van der Waals surface area (Å²) in [6.45, 7) is 7.28. The molecule has 0 fully saturated rings. The van der Waals surface area contributed by atoms with Crippen LogP contribution < -0.4 is 11.1 Å². The molecule has 0 saturated heterocycles. The molecule has 1 aliphatic rings. The number of amides is 1. The van der Waals surface area contributed by atoms with Crippen molar-refractivity contribution in [2.45, 2.75) is 52.5 Å². The van der Waals surface area contributed by atoms with Gasteiger partial charge in [0.15, 0.2) is 5.84 Å². The Morgan fingerprint density at radius 2 is 1.87 bits per heavy atom. The Hall–Kier alpha value is -3.36. The maximum atomic E-state index is 14.3. The molecule has 0 aromatic heterocycles. The number of hydrogen-bond acceptors (Lipinski definition) is 6. The van der Waals surface area contributed by atoms with E-state index in [-0.39, 0.29) is 59.2 Å². The fourth-order valence-corrected chi connectivity index (χ4v) is 3.25. The van der Waals surface area contributed by atoms with Gasteiger partial charge < -0.3 is 21.3 Å². The normalized spacial score (nSPS) is 14.7. The van der Waals surface area contributed by atoms with E-state index in [0.717, 1.165) is 6.07 Å². The molecule has 8 nitrogen and oxygen atoms in total. The lowest BCUT2D eigenvalue weighted by Gasteiger charge is -2.30. The third kappa shape index (κ3) is 5.22. The van der Waals surface area contributed by atoms with Crippen LogP contribution in [0.5, 0.6) is 11.5 Å². The number of rotatable bonds is 4. The van der Waals surface area contributed by atoms with Crippen molar-refractivity contribution in [3.8, 4) is 11.5 Å². The van der Waals surface area contributed by atoms with Crippen molar-refractivity contribution in [2.24, 2.45) is 10.7 Å². The molecule has 0 spiro atoms. The molecule has 0 atom stereocenters. The fraction of sp³-hybridized carbons (Fsp3) is 0.409. The van der Waals surface area contributed by atoms with Gasteiger partial charge in [-0.1, -0.05) is 13.8 Å². The van der Waals surface area contributed by atoms with Crippen molar-refractivity contribution in [1.82, 2.24) is 10.2 Å². The van der Waals surface area contributed by atoms with Gasteiger partial charge in [0, 0.05) is 30.5 Å². The lowest BCUT2D eigenvalue weighted by molar-refractivity contribution is -0.115. The lowest BCUT2D eigenvalue weighted by atomic mass is 9.97. The molecule has 6 N–H and O–H groups in total. The van der Waals surface area contributed by atoms with E-state index in [1.165, 1.54) is 24.1 Å². The van der Waals surface area contributed by atoms with Gasteiger partial charge in [-0.15, -0.1) is 0 Å². The number of hydrogen-bond donors (Lipinski definition) is 5. The summed E-state index contributed by atoms with van der Waals surface area (Å²) in [5.41, 5.74) is 6.65. The third-order valence-corrected chi connectivity index (χ3v) is 4.83. The molecular weight excluding hydrogens is 401 g/mol. The van der Waals surface area contributed by atoms with Crippen molar-refractivity contribution >= 4 is 17.6 Å². The first-order chi connectivity index (χ1) is 14.5. The Labute approximate surface area is 181 Å². The Kier molecular flexibility index (Phi) is 7.43. The average molecular weight is 432 g/mol. The molecule has 31 heavy (non-hydrogen) atoms. The Balaban J connectivity index is 2.66. The van der Waals surface area contributed by atoms with E-state index in [1.54, 1.807) is 13.8 Å². The molecule has 0 radical (unpaired) electrons. The Morgan fingerprint density at radius 3 is 2.39 bits per heavy atom. The van der Waals surface area contributed by atoms with Crippen LogP contribution in [-0.2, 0) is 4.79 Å². The zero-order valence-corrected chi connectivity index (χ0v) is 18.5. The first kappa shape index (κ1) is 23.9. The smallest absolute Gasteiger partial charge is 0.287 e. The van der Waals surface area contributed by atoms with Crippen LogP contribution >= 0.6 is 0 Å². The Morgan fingerprint density at radius 1 is 1.23 bits per heavy atom. The van der Waals surface area contributed by atoms with Gasteiger partial charge in [-0.2, -0.15) is 0 Å². The summed E-state index contributed by atoms with van der Waals surface area (Å²) in [6, 6.07) is 2.45. The van der Waals surface area contributed by atoms with Crippen LogP contribution in [0.25, 0.3) is 0 Å². The summed E-state index contributed by atoms with van der Waals surface area (Å²) in [7, 11) is 1.40. The molecule has 0 heterocycles. The zero-order chi connectivity index (χ0) is 23.5. The van der Waals surface area contributed by atoms with Gasteiger partial charge in [0.2, 0.25) is 0 Å². The van der Waals surface area contributed by atoms with E-state index in [4.69, 9.17) is 11.1 Å². The van der Waals surface area contributed by atoms with Gasteiger partial charge in [0.05, 0.1) is 5.56 Å². The summed E-state index contributed by atoms with van der Waals surface area (Å²) >= 11 is 0. The molecule has 1 amide bonds. The number of nitrogens with two attached hydrogens (primary N) is 1. The molecule has 0 unspecified atom stereocenters. The predicted molar refractivity (Wildman–Crippen MR) is 119 cm³/mol. The van der Waals surface area contributed by atoms with Crippen LogP contribution in [0.3, 0.4) is 0 Å². The first-order valence-electron chi connectivity index (χ1n) is 10.0. The van der Waals surface area contributed by atoms with E-state index >= 15 is 0 Å². The lowest BCUT2D eigenvalue weighted by Crippen LogP contribution is -2.47. The minimum absolute atomic E-state index is 0.0730. The second kappa shape index (κ2) is 9.63. The summed E-state index contributed by atoms with van der Waals surface area (Å²) < 4.78 is 14.3. The highest BCUT2D eigenvalue weighted by Gasteiger charge is 2.30. The molecule has 0 saturated carbocycles.